The summed E-state index contributed by atoms with van der Waals surface area (Å²) in [6.07, 6.45) is 5.49. The van der Waals surface area contributed by atoms with Crippen LogP contribution < -0.4 is 9.64 Å². The summed E-state index contributed by atoms with van der Waals surface area (Å²) in [5, 5.41) is 2.44. The van der Waals surface area contributed by atoms with Gasteiger partial charge in [0.2, 0.25) is 0 Å². The zero-order valence-electron chi connectivity index (χ0n) is 18.7. The monoisotopic (exact) mass is 446 g/mol. The van der Waals surface area contributed by atoms with Crippen molar-refractivity contribution < 1.29 is 18.7 Å². The van der Waals surface area contributed by atoms with Crippen LogP contribution in [0.15, 0.2) is 17.5 Å². The number of amides is 1. The lowest BCUT2D eigenvalue weighted by molar-refractivity contribution is 0.119. The number of benzene rings is 1. The highest BCUT2D eigenvalue weighted by Gasteiger charge is 2.35. The molecule has 2 aliphatic rings. The standard InChI is InChI=1S/C24H31FN2O3S/c1-5-24(25,6-2)22-26-19(14-31-22)17-12-13-20-18(21(17)30-16-8-7-9-16)11-10-15(3)27(20)23(28)29-4/h12-16H,5-11H2,1-4H3/t15-/m0/s1. The number of halogens is 1. The van der Waals surface area contributed by atoms with E-state index in [9.17, 15) is 4.79 Å². The van der Waals surface area contributed by atoms with Crippen molar-refractivity contribution >= 4 is 23.1 Å². The van der Waals surface area contributed by atoms with Crippen molar-refractivity contribution in [1.29, 1.82) is 0 Å². The lowest BCUT2D eigenvalue weighted by Crippen LogP contribution is -2.42. The molecule has 4 rings (SSSR count). The Morgan fingerprint density at radius 3 is 2.65 bits per heavy atom. The van der Waals surface area contributed by atoms with Crippen LogP contribution in [0.3, 0.4) is 0 Å². The van der Waals surface area contributed by atoms with Crippen LogP contribution in [0.4, 0.5) is 14.9 Å². The minimum Gasteiger partial charge on any atom is -0.489 e. The van der Waals surface area contributed by atoms with E-state index in [2.05, 4.69) is 0 Å². The average Bonchev–Trinajstić information content (AvgIpc) is 3.25. The lowest BCUT2D eigenvalue weighted by atomic mass is 9.92. The molecular weight excluding hydrogens is 415 g/mol. The third-order valence-corrected chi connectivity index (χ3v) is 7.76. The zero-order chi connectivity index (χ0) is 22.2. The summed E-state index contributed by atoms with van der Waals surface area (Å²) in [6.45, 7) is 5.75. The lowest BCUT2D eigenvalue weighted by Gasteiger charge is -2.36. The largest absolute Gasteiger partial charge is 0.489 e. The van der Waals surface area contributed by atoms with Crippen molar-refractivity contribution in [1.82, 2.24) is 4.98 Å². The van der Waals surface area contributed by atoms with Crippen LogP contribution in [-0.2, 0) is 16.8 Å². The number of methoxy groups -OCH3 is 1. The summed E-state index contributed by atoms with van der Waals surface area (Å²) in [4.78, 5) is 18.9. The molecule has 0 saturated heterocycles. The number of thiazole rings is 1. The van der Waals surface area contributed by atoms with E-state index in [1.54, 1.807) is 4.90 Å². The average molecular weight is 447 g/mol. The van der Waals surface area contributed by atoms with Gasteiger partial charge in [-0.1, -0.05) is 13.8 Å². The van der Waals surface area contributed by atoms with Crippen molar-refractivity contribution in [2.75, 3.05) is 12.0 Å². The molecule has 1 aliphatic heterocycles. The van der Waals surface area contributed by atoms with Crippen LogP contribution in [0.2, 0.25) is 0 Å². The molecule has 0 unspecified atom stereocenters. The van der Waals surface area contributed by atoms with Crippen LogP contribution in [0.5, 0.6) is 5.75 Å². The number of rotatable bonds is 6. The number of ether oxygens (including phenoxy) is 2. The van der Waals surface area contributed by atoms with E-state index in [-0.39, 0.29) is 18.2 Å². The highest BCUT2D eigenvalue weighted by molar-refractivity contribution is 7.10. The molecule has 1 aliphatic carbocycles. The van der Waals surface area contributed by atoms with Gasteiger partial charge in [-0.3, -0.25) is 4.90 Å². The fourth-order valence-corrected chi connectivity index (χ4v) is 5.38. The smallest absolute Gasteiger partial charge is 0.414 e. The fourth-order valence-electron chi connectivity index (χ4n) is 4.33. The molecule has 1 fully saturated rings. The Morgan fingerprint density at radius 1 is 1.29 bits per heavy atom. The number of aromatic nitrogens is 1. The second-order valence-electron chi connectivity index (χ2n) is 8.55. The summed E-state index contributed by atoms with van der Waals surface area (Å²) in [7, 11) is 1.41. The topological polar surface area (TPSA) is 51.7 Å². The molecular formula is C24H31FN2O3S. The van der Waals surface area contributed by atoms with Gasteiger partial charge in [0, 0.05) is 22.5 Å². The van der Waals surface area contributed by atoms with Gasteiger partial charge in [0.15, 0.2) is 5.67 Å². The molecule has 0 N–H and O–H groups in total. The summed E-state index contributed by atoms with van der Waals surface area (Å²) in [5.41, 5.74) is 2.07. The Labute approximate surface area is 187 Å². The van der Waals surface area contributed by atoms with E-state index >= 15 is 4.39 Å². The summed E-state index contributed by atoms with van der Waals surface area (Å²) >= 11 is 1.37. The maximum Gasteiger partial charge on any atom is 0.414 e. The Hall–Kier alpha value is -2.15. The first kappa shape index (κ1) is 22.1. The maximum absolute atomic E-state index is 15.2. The molecule has 31 heavy (non-hydrogen) atoms. The maximum atomic E-state index is 15.2. The van der Waals surface area contributed by atoms with E-state index in [4.69, 9.17) is 14.5 Å². The Morgan fingerprint density at radius 2 is 2.03 bits per heavy atom. The summed E-state index contributed by atoms with van der Waals surface area (Å²) in [5.74, 6) is 0.789. The number of fused-ring (bicyclic) bond motifs is 1. The van der Waals surface area contributed by atoms with Gasteiger partial charge in [-0.25, -0.2) is 14.2 Å². The van der Waals surface area contributed by atoms with Crippen LogP contribution in [0.1, 0.15) is 69.9 Å². The van der Waals surface area contributed by atoms with E-state index in [0.29, 0.717) is 17.8 Å². The Bertz CT molecular complexity index is 952. The van der Waals surface area contributed by atoms with Crippen LogP contribution in [-0.4, -0.2) is 30.3 Å². The van der Waals surface area contributed by atoms with Gasteiger partial charge < -0.3 is 9.47 Å². The van der Waals surface area contributed by atoms with Crippen molar-refractivity contribution in [2.45, 2.75) is 83.5 Å². The highest BCUT2D eigenvalue weighted by atomic mass is 32.1. The molecule has 2 aromatic rings. The Kier molecular flexibility index (Phi) is 6.24. The molecule has 5 nitrogen and oxygen atoms in total. The van der Waals surface area contributed by atoms with Crippen molar-refractivity contribution in [3.05, 3.63) is 28.1 Å². The van der Waals surface area contributed by atoms with E-state index in [1.807, 2.05) is 38.3 Å². The van der Waals surface area contributed by atoms with Gasteiger partial charge in [-0.2, -0.15) is 0 Å². The third kappa shape index (κ3) is 3.93. The minimum atomic E-state index is -1.40. The van der Waals surface area contributed by atoms with Gasteiger partial charge >= 0.3 is 6.09 Å². The first-order valence-corrected chi connectivity index (χ1v) is 12.1. The van der Waals surface area contributed by atoms with Crippen molar-refractivity contribution in [3.63, 3.8) is 0 Å². The number of carbonyl (C=O) groups is 1. The van der Waals surface area contributed by atoms with E-state index < -0.39 is 5.67 Å². The second kappa shape index (κ2) is 8.77. The van der Waals surface area contributed by atoms with Gasteiger partial charge in [-0.05, 0) is 64.0 Å². The molecule has 1 amide bonds. The molecule has 1 saturated carbocycles. The van der Waals surface area contributed by atoms with Gasteiger partial charge in [0.05, 0.1) is 24.6 Å². The van der Waals surface area contributed by atoms with E-state index in [1.165, 1.54) is 24.9 Å². The van der Waals surface area contributed by atoms with Crippen LogP contribution in [0, 0.1) is 0 Å². The van der Waals surface area contributed by atoms with Gasteiger partial charge in [0.25, 0.3) is 0 Å². The highest BCUT2D eigenvalue weighted by Crippen LogP contribution is 2.46. The summed E-state index contributed by atoms with van der Waals surface area (Å²) < 4.78 is 26.8. The first-order chi connectivity index (χ1) is 14.9. The molecule has 7 heteroatoms. The predicted molar refractivity (Wildman–Crippen MR) is 122 cm³/mol. The van der Waals surface area contributed by atoms with E-state index in [0.717, 1.165) is 53.9 Å². The molecule has 1 aromatic heterocycles. The summed E-state index contributed by atoms with van der Waals surface area (Å²) in [6, 6.07) is 3.96. The first-order valence-electron chi connectivity index (χ1n) is 11.3. The Balaban J connectivity index is 1.80. The van der Waals surface area contributed by atoms with Gasteiger partial charge in [-0.15, -0.1) is 11.3 Å². The molecule has 1 aromatic carbocycles. The number of anilines is 1. The number of carbonyl (C=O) groups excluding carboxylic acids is 1. The number of hydrogen-bond donors (Lipinski definition) is 0. The fraction of sp³-hybridized carbons (Fsp3) is 0.583. The minimum absolute atomic E-state index is 0.0505. The third-order valence-electron chi connectivity index (χ3n) is 6.74. The van der Waals surface area contributed by atoms with Crippen LogP contribution in [0.25, 0.3) is 11.3 Å². The molecule has 2 heterocycles. The van der Waals surface area contributed by atoms with Crippen LogP contribution >= 0.6 is 11.3 Å². The molecule has 0 radical (unpaired) electrons. The zero-order valence-corrected chi connectivity index (χ0v) is 19.6. The molecule has 168 valence electrons. The van der Waals surface area contributed by atoms with Gasteiger partial charge in [0.1, 0.15) is 10.8 Å². The second-order valence-corrected chi connectivity index (χ2v) is 9.41. The molecule has 1 atom stereocenters. The van der Waals surface area contributed by atoms with Crippen molar-refractivity contribution in [2.24, 2.45) is 0 Å². The number of alkyl halides is 1. The molecule has 0 spiro atoms. The number of hydrogen-bond acceptors (Lipinski definition) is 5. The molecule has 0 bridgehead atoms. The quantitative estimate of drug-likeness (QED) is 0.499. The predicted octanol–water partition coefficient (Wildman–Crippen LogP) is 6.63. The SMILES string of the molecule is CCC(F)(CC)c1nc(-c2ccc3c(c2OC2CCC2)CC[C@H](C)N3C(=O)OC)cs1. The van der Waals surface area contributed by atoms with Crippen molar-refractivity contribution in [3.8, 4) is 17.0 Å². The number of nitrogens with zero attached hydrogens (tertiary/aromatic N) is 2. The normalized spacial score (nSPS) is 19.0.